The van der Waals surface area contributed by atoms with E-state index in [0.29, 0.717) is 5.02 Å². The smallest absolute Gasteiger partial charge is 0.261 e. The van der Waals surface area contributed by atoms with Gasteiger partial charge in [-0.15, -0.1) is 0 Å². The van der Waals surface area contributed by atoms with Gasteiger partial charge in [0.25, 0.3) is 5.91 Å². The summed E-state index contributed by atoms with van der Waals surface area (Å²) in [7, 11) is 1.66. The van der Waals surface area contributed by atoms with Gasteiger partial charge in [0.2, 0.25) is 0 Å². The van der Waals surface area contributed by atoms with E-state index >= 15 is 0 Å². The molecule has 2 rings (SSSR count). The van der Waals surface area contributed by atoms with Crippen molar-refractivity contribution in [1.82, 2.24) is 0 Å². The van der Waals surface area contributed by atoms with E-state index in [4.69, 9.17) is 34.8 Å². The van der Waals surface area contributed by atoms with Gasteiger partial charge in [0, 0.05) is 12.7 Å². The molecule has 0 aromatic heterocycles. The highest BCUT2D eigenvalue weighted by Gasteiger charge is 2.21. The van der Waals surface area contributed by atoms with Crippen LogP contribution in [0, 0.1) is 0 Å². The first-order valence-corrected chi connectivity index (χ1v) is 6.62. The lowest BCUT2D eigenvalue weighted by atomic mass is 10.2. The van der Waals surface area contributed by atoms with Crippen LogP contribution in [0.15, 0.2) is 42.5 Å². The molecule has 2 aromatic carbocycles. The fourth-order valence-electron chi connectivity index (χ4n) is 1.66. The van der Waals surface area contributed by atoms with Crippen molar-refractivity contribution in [3.05, 3.63) is 63.1 Å². The fourth-order valence-corrected chi connectivity index (χ4v) is 2.35. The molecule has 0 radical (unpaired) electrons. The average Bonchev–Trinajstić information content (AvgIpc) is 2.43. The minimum absolute atomic E-state index is 0.168. The summed E-state index contributed by atoms with van der Waals surface area (Å²) in [5.74, 6) is -0.302. The quantitative estimate of drug-likeness (QED) is 0.720. The van der Waals surface area contributed by atoms with Gasteiger partial charge in [-0.3, -0.25) is 4.79 Å². The normalized spacial score (nSPS) is 10.3. The zero-order valence-electron chi connectivity index (χ0n) is 10.0. The van der Waals surface area contributed by atoms with Crippen molar-refractivity contribution in [2.45, 2.75) is 0 Å². The molecule has 2 nitrogen and oxygen atoms in total. The summed E-state index contributed by atoms with van der Waals surface area (Å²) in [6, 6.07) is 12.3. The van der Waals surface area contributed by atoms with Gasteiger partial charge < -0.3 is 4.90 Å². The number of amides is 1. The van der Waals surface area contributed by atoms with Crippen molar-refractivity contribution in [2.75, 3.05) is 11.9 Å². The number of anilines is 1. The second kappa shape index (κ2) is 5.83. The van der Waals surface area contributed by atoms with E-state index in [0.717, 1.165) is 5.69 Å². The molecule has 0 aliphatic rings. The Labute approximate surface area is 126 Å². The molecule has 0 fully saturated rings. The molecular weight excluding hydrogens is 305 g/mol. The predicted octanol–water partition coefficient (Wildman–Crippen LogP) is 4.92. The van der Waals surface area contributed by atoms with Gasteiger partial charge >= 0.3 is 0 Å². The number of para-hydroxylation sites is 1. The van der Waals surface area contributed by atoms with Gasteiger partial charge in [-0.2, -0.15) is 0 Å². The maximum atomic E-state index is 12.4. The Morgan fingerprint density at radius 2 is 1.53 bits per heavy atom. The van der Waals surface area contributed by atoms with Gasteiger partial charge in [0.05, 0.1) is 20.6 Å². The summed E-state index contributed by atoms with van der Waals surface area (Å²) in [4.78, 5) is 13.9. The van der Waals surface area contributed by atoms with Crippen LogP contribution in [0.1, 0.15) is 10.4 Å². The van der Waals surface area contributed by atoms with Crippen LogP contribution in [0.3, 0.4) is 0 Å². The summed E-state index contributed by atoms with van der Waals surface area (Å²) in [6.07, 6.45) is 0. The minimum atomic E-state index is -0.302. The molecule has 0 heterocycles. The Balaban J connectivity index is 2.43. The zero-order valence-corrected chi connectivity index (χ0v) is 12.3. The molecular formula is C14H10Cl3NO. The van der Waals surface area contributed by atoms with Gasteiger partial charge in [-0.25, -0.2) is 0 Å². The first-order chi connectivity index (χ1) is 9.02. The van der Waals surface area contributed by atoms with Gasteiger partial charge in [-0.1, -0.05) is 53.0 Å². The van der Waals surface area contributed by atoms with Crippen LogP contribution >= 0.6 is 34.8 Å². The average molecular weight is 315 g/mol. The lowest BCUT2D eigenvalue weighted by molar-refractivity contribution is 0.0993. The Kier molecular flexibility index (Phi) is 4.35. The second-order valence-corrected chi connectivity index (χ2v) is 5.11. The highest BCUT2D eigenvalue weighted by Crippen LogP contribution is 2.32. The van der Waals surface area contributed by atoms with Crippen LogP contribution in [-0.2, 0) is 0 Å². The molecule has 0 saturated carbocycles. The van der Waals surface area contributed by atoms with Crippen LogP contribution in [0.2, 0.25) is 15.1 Å². The van der Waals surface area contributed by atoms with E-state index in [1.54, 1.807) is 19.2 Å². The molecule has 2 aromatic rings. The molecule has 5 heteroatoms. The molecule has 0 bridgehead atoms. The topological polar surface area (TPSA) is 20.3 Å². The Morgan fingerprint density at radius 1 is 0.947 bits per heavy atom. The number of carbonyl (C=O) groups excluding carboxylic acids is 1. The van der Waals surface area contributed by atoms with Crippen LogP contribution in [0.25, 0.3) is 0 Å². The van der Waals surface area contributed by atoms with E-state index in [-0.39, 0.29) is 21.5 Å². The monoisotopic (exact) mass is 313 g/mol. The Morgan fingerprint density at radius 3 is 2.16 bits per heavy atom. The molecule has 98 valence electrons. The highest BCUT2D eigenvalue weighted by atomic mass is 35.5. The van der Waals surface area contributed by atoms with Crippen molar-refractivity contribution in [1.29, 1.82) is 0 Å². The third kappa shape index (κ3) is 2.86. The van der Waals surface area contributed by atoms with Crippen molar-refractivity contribution in [3.8, 4) is 0 Å². The molecule has 1 amide bonds. The maximum Gasteiger partial charge on any atom is 0.261 e. The number of nitrogens with zero attached hydrogens (tertiary/aromatic N) is 1. The first kappa shape index (κ1) is 14.2. The molecule has 0 N–H and O–H groups in total. The molecule has 0 saturated heterocycles. The summed E-state index contributed by atoms with van der Waals surface area (Å²) >= 11 is 18.0. The predicted molar refractivity (Wildman–Crippen MR) is 80.6 cm³/mol. The molecule has 0 aliphatic heterocycles. The number of benzene rings is 2. The summed E-state index contributed by atoms with van der Waals surface area (Å²) in [5, 5.41) is 0.750. The SMILES string of the molecule is CN(C(=O)c1c(Cl)ccc(Cl)c1Cl)c1ccccc1. The number of hydrogen-bond acceptors (Lipinski definition) is 1. The summed E-state index contributed by atoms with van der Waals surface area (Å²) < 4.78 is 0. The summed E-state index contributed by atoms with van der Waals surface area (Å²) in [6.45, 7) is 0. The third-order valence-corrected chi connectivity index (χ3v) is 3.83. The zero-order chi connectivity index (χ0) is 14.0. The Hall–Kier alpha value is -1.22. The molecule has 0 spiro atoms. The van der Waals surface area contributed by atoms with Crippen molar-refractivity contribution in [2.24, 2.45) is 0 Å². The number of hydrogen-bond donors (Lipinski definition) is 0. The van der Waals surface area contributed by atoms with E-state index in [2.05, 4.69) is 0 Å². The van der Waals surface area contributed by atoms with Crippen LogP contribution < -0.4 is 4.90 Å². The van der Waals surface area contributed by atoms with Crippen LogP contribution in [0.5, 0.6) is 0 Å². The second-order valence-electron chi connectivity index (χ2n) is 3.92. The third-order valence-electron chi connectivity index (χ3n) is 2.71. The standard InChI is InChI=1S/C14H10Cl3NO/c1-18(9-5-3-2-4-6-9)14(19)12-10(15)7-8-11(16)13(12)17/h2-8H,1H3. The van der Waals surface area contributed by atoms with Gasteiger partial charge in [0.15, 0.2) is 0 Å². The van der Waals surface area contributed by atoms with Crippen molar-refractivity contribution in [3.63, 3.8) is 0 Å². The molecule has 19 heavy (non-hydrogen) atoms. The largest absolute Gasteiger partial charge is 0.311 e. The van der Waals surface area contributed by atoms with Crippen molar-refractivity contribution < 1.29 is 4.79 Å². The molecule has 0 atom stereocenters. The number of carbonyl (C=O) groups is 1. The minimum Gasteiger partial charge on any atom is -0.311 e. The first-order valence-electron chi connectivity index (χ1n) is 5.49. The number of halogens is 3. The van der Waals surface area contributed by atoms with E-state index < -0.39 is 0 Å². The van der Waals surface area contributed by atoms with Crippen LogP contribution in [-0.4, -0.2) is 13.0 Å². The Bertz CT molecular complexity index is 614. The van der Waals surface area contributed by atoms with Gasteiger partial charge in [0.1, 0.15) is 0 Å². The summed E-state index contributed by atoms with van der Waals surface area (Å²) in [5.41, 5.74) is 0.960. The lowest BCUT2D eigenvalue weighted by Crippen LogP contribution is -2.26. The van der Waals surface area contributed by atoms with Crippen LogP contribution in [0.4, 0.5) is 5.69 Å². The lowest BCUT2D eigenvalue weighted by Gasteiger charge is -2.19. The van der Waals surface area contributed by atoms with Crippen molar-refractivity contribution >= 4 is 46.4 Å². The molecule has 0 unspecified atom stereocenters. The fraction of sp³-hybridized carbons (Fsp3) is 0.0714. The highest BCUT2D eigenvalue weighted by molar-refractivity contribution is 6.46. The maximum absolute atomic E-state index is 12.4. The van der Waals surface area contributed by atoms with E-state index in [9.17, 15) is 4.79 Å². The van der Waals surface area contributed by atoms with E-state index in [1.807, 2.05) is 30.3 Å². The number of rotatable bonds is 2. The van der Waals surface area contributed by atoms with Gasteiger partial charge in [-0.05, 0) is 24.3 Å². The van der Waals surface area contributed by atoms with E-state index in [1.165, 1.54) is 4.90 Å². The molecule has 0 aliphatic carbocycles.